The van der Waals surface area contributed by atoms with Gasteiger partial charge in [0.25, 0.3) is 0 Å². The van der Waals surface area contributed by atoms with Gasteiger partial charge in [-0.25, -0.2) is 0 Å². The van der Waals surface area contributed by atoms with Crippen molar-refractivity contribution < 1.29 is 4.79 Å². The molecule has 0 atom stereocenters. The standard InChI is InChI=1S/C12H21NO/c1-3-4-5-10-13(2)11-6-8-12(14)9-7-11/h3,11H,1,4-10H2,2H3. The van der Waals surface area contributed by atoms with Crippen LogP contribution >= 0.6 is 0 Å². The average Bonchev–Trinajstić information content (AvgIpc) is 2.19. The van der Waals surface area contributed by atoms with Gasteiger partial charge in [-0.15, -0.1) is 6.58 Å². The number of hydrogen-bond acceptors (Lipinski definition) is 2. The van der Waals surface area contributed by atoms with Crippen molar-refractivity contribution in [2.24, 2.45) is 0 Å². The van der Waals surface area contributed by atoms with Crippen LogP contribution in [0.2, 0.25) is 0 Å². The minimum Gasteiger partial charge on any atom is -0.303 e. The van der Waals surface area contributed by atoms with Crippen molar-refractivity contribution in [3.05, 3.63) is 12.7 Å². The molecule has 0 N–H and O–H groups in total. The van der Waals surface area contributed by atoms with Gasteiger partial charge in [0.15, 0.2) is 0 Å². The maximum absolute atomic E-state index is 11.1. The van der Waals surface area contributed by atoms with Crippen LogP contribution in [0.25, 0.3) is 0 Å². The molecule has 0 unspecified atom stereocenters. The molecule has 0 radical (unpaired) electrons. The number of Topliss-reactive ketones (excluding diaryl/α,β-unsaturated/α-hetero) is 1. The van der Waals surface area contributed by atoms with Crippen LogP contribution in [0.15, 0.2) is 12.7 Å². The summed E-state index contributed by atoms with van der Waals surface area (Å²) < 4.78 is 0. The molecule has 1 rings (SSSR count). The van der Waals surface area contributed by atoms with Gasteiger partial charge in [0.2, 0.25) is 0 Å². The van der Waals surface area contributed by atoms with Crippen molar-refractivity contribution in [3.63, 3.8) is 0 Å². The normalized spacial score (nSPS) is 18.9. The van der Waals surface area contributed by atoms with Gasteiger partial charge in [-0.1, -0.05) is 6.08 Å². The first-order valence-corrected chi connectivity index (χ1v) is 5.57. The maximum Gasteiger partial charge on any atom is 0.133 e. The number of unbranched alkanes of at least 4 members (excludes halogenated alkanes) is 1. The summed E-state index contributed by atoms with van der Waals surface area (Å²) in [5, 5.41) is 0. The second kappa shape index (κ2) is 5.97. The molecule has 1 saturated carbocycles. The van der Waals surface area contributed by atoms with Crippen LogP contribution < -0.4 is 0 Å². The van der Waals surface area contributed by atoms with Crippen molar-refractivity contribution in [1.29, 1.82) is 0 Å². The second-order valence-electron chi connectivity index (χ2n) is 4.18. The van der Waals surface area contributed by atoms with E-state index in [1.165, 1.54) is 6.42 Å². The van der Waals surface area contributed by atoms with Gasteiger partial charge in [-0.05, 0) is 39.3 Å². The summed E-state index contributed by atoms with van der Waals surface area (Å²) in [5.74, 6) is 0.445. The molecule has 14 heavy (non-hydrogen) atoms. The fourth-order valence-electron chi connectivity index (χ4n) is 2.03. The Balaban J connectivity index is 2.19. The van der Waals surface area contributed by atoms with Gasteiger partial charge in [0.1, 0.15) is 5.78 Å². The molecule has 0 saturated heterocycles. The first-order chi connectivity index (χ1) is 6.74. The minimum absolute atomic E-state index is 0.445. The molecule has 0 aliphatic heterocycles. The highest BCUT2D eigenvalue weighted by atomic mass is 16.1. The zero-order chi connectivity index (χ0) is 10.4. The van der Waals surface area contributed by atoms with Crippen LogP contribution in [-0.2, 0) is 4.79 Å². The Morgan fingerprint density at radius 3 is 2.71 bits per heavy atom. The van der Waals surface area contributed by atoms with E-state index in [1.54, 1.807) is 0 Å². The Bertz CT molecular complexity index is 190. The smallest absolute Gasteiger partial charge is 0.133 e. The number of ketones is 1. The topological polar surface area (TPSA) is 20.3 Å². The molecule has 2 heteroatoms. The summed E-state index contributed by atoms with van der Waals surface area (Å²) in [4.78, 5) is 13.5. The van der Waals surface area contributed by atoms with E-state index in [-0.39, 0.29) is 0 Å². The lowest BCUT2D eigenvalue weighted by Crippen LogP contribution is -2.35. The Kier molecular flexibility index (Phi) is 4.88. The van der Waals surface area contributed by atoms with Crippen LogP contribution in [0.1, 0.15) is 38.5 Å². The fourth-order valence-corrected chi connectivity index (χ4v) is 2.03. The van der Waals surface area contributed by atoms with Crippen LogP contribution in [0.4, 0.5) is 0 Å². The summed E-state index contributed by atoms with van der Waals surface area (Å²) in [6.45, 7) is 4.85. The Morgan fingerprint density at radius 2 is 2.14 bits per heavy atom. The molecule has 1 aliphatic carbocycles. The number of hydrogen-bond donors (Lipinski definition) is 0. The van der Waals surface area contributed by atoms with Crippen LogP contribution in [0.5, 0.6) is 0 Å². The van der Waals surface area contributed by atoms with Gasteiger partial charge in [-0.3, -0.25) is 4.79 Å². The Morgan fingerprint density at radius 1 is 1.50 bits per heavy atom. The van der Waals surface area contributed by atoms with Crippen molar-refractivity contribution in [3.8, 4) is 0 Å². The number of allylic oxidation sites excluding steroid dienone is 1. The monoisotopic (exact) mass is 195 g/mol. The average molecular weight is 195 g/mol. The van der Waals surface area contributed by atoms with Gasteiger partial charge in [0, 0.05) is 18.9 Å². The zero-order valence-corrected chi connectivity index (χ0v) is 9.17. The van der Waals surface area contributed by atoms with Crippen molar-refractivity contribution >= 4 is 5.78 Å². The van der Waals surface area contributed by atoms with Gasteiger partial charge < -0.3 is 4.90 Å². The van der Waals surface area contributed by atoms with Gasteiger partial charge in [-0.2, -0.15) is 0 Å². The summed E-state index contributed by atoms with van der Waals surface area (Å²) in [6, 6.07) is 0.637. The number of nitrogens with zero attached hydrogens (tertiary/aromatic N) is 1. The largest absolute Gasteiger partial charge is 0.303 e. The minimum atomic E-state index is 0.445. The summed E-state index contributed by atoms with van der Waals surface area (Å²) in [5.41, 5.74) is 0. The molecule has 0 amide bonds. The van der Waals surface area contributed by atoms with E-state index in [0.29, 0.717) is 11.8 Å². The molecular weight excluding hydrogens is 174 g/mol. The summed E-state index contributed by atoms with van der Waals surface area (Å²) in [6.07, 6.45) is 7.94. The highest BCUT2D eigenvalue weighted by Crippen LogP contribution is 2.19. The number of carbonyl (C=O) groups is 1. The Labute approximate surface area is 87.0 Å². The van der Waals surface area contributed by atoms with E-state index in [9.17, 15) is 4.79 Å². The highest BCUT2D eigenvalue weighted by Gasteiger charge is 2.21. The molecule has 1 aliphatic rings. The third-order valence-electron chi connectivity index (χ3n) is 3.06. The lowest BCUT2D eigenvalue weighted by Gasteiger charge is -2.30. The van der Waals surface area contributed by atoms with Crippen molar-refractivity contribution in [1.82, 2.24) is 4.90 Å². The molecule has 1 fully saturated rings. The van der Waals surface area contributed by atoms with Crippen LogP contribution in [-0.4, -0.2) is 30.3 Å². The second-order valence-corrected chi connectivity index (χ2v) is 4.18. The fraction of sp³-hybridized carbons (Fsp3) is 0.750. The number of rotatable bonds is 5. The molecule has 0 bridgehead atoms. The third kappa shape index (κ3) is 3.62. The van der Waals surface area contributed by atoms with Crippen LogP contribution in [0.3, 0.4) is 0 Å². The lowest BCUT2D eigenvalue weighted by molar-refractivity contribution is -0.121. The van der Waals surface area contributed by atoms with E-state index in [1.807, 2.05) is 6.08 Å². The van der Waals surface area contributed by atoms with E-state index in [2.05, 4.69) is 18.5 Å². The van der Waals surface area contributed by atoms with Crippen LogP contribution in [0, 0.1) is 0 Å². The van der Waals surface area contributed by atoms with Gasteiger partial charge >= 0.3 is 0 Å². The predicted molar refractivity (Wildman–Crippen MR) is 59.3 cm³/mol. The van der Waals surface area contributed by atoms with Gasteiger partial charge in [0.05, 0.1) is 0 Å². The molecule has 0 aromatic carbocycles. The number of carbonyl (C=O) groups excluding carboxylic acids is 1. The zero-order valence-electron chi connectivity index (χ0n) is 9.17. The lowest BCUT2D eigenvalue weighted by atomic mass is 9.93. The van der Waals surface area contributed by atoms with E-state index in [4.69, 9.17) is 0 Å². The highest BCUT2D eigenvalue weighted by molar-refractivity contribution is 5.79. The molecule has 0 aromatic heterocycles. The van der Waals surface area contributed by atoms with E-state index >= 15 is 0 Å². The Hall–Kier alpha value is -0.630. The van der Waals surface area contributed by atoms with Crippen molar-refractivity contribution in [2.45, 2.75) is 44.6 Å². The quantitative estimate of drug-likeness (QED) is 0.496. The summed E-state index contributed by atoms with van der Waals surface area (Å²) >= 11 is 0. The third-order valence-corrected chi connectivity index (χ3v) is 3.06. The predicted octanol–water partition coefficient (Wildman–Crippen LogP) is 2.40. The molecular formula is C12H21NO. The maximum atomic E-state index is 11.1. The SMILES string of the molecule is C=CCCCN(C)C1CCC(=O)CC1. The van der Waals surface area contributed by atoms with E-state index < -0.39 is 0 Å². The molecule has 2 nitrogen and oxygen atoms in total. The van der Waals surface area contributed by atoms with Crippen molar-refractivity contribution in [2.75, 3.05) is 13.6 Å². The molecule has 0 heterocycles. The summed E-state index contributed by atoms with van der Waals surface area (Å²) in [7, 11) is 2.17. The molecule has 80 valence electrons. The molecule has 0 aromatic rings. The first kappa shape index (κ1) is 11.4. The van der Waals surface area contributed by atoms with E-state index in [0.717, 1.165) is 38.6 Å². The first-order valence-electron chi connectivity index (χ1n) is 5.57. The molecule has 0 spiro atoms.